The average Bonchev–Trinajstić information content (AvgIpc) is 3.61. The minimum absolute atomic E-state index is 0.0469. The fourth-order valence-electron chi connectivity index (χ4n) is 5.53. The molecule has 1 aliphatic carbocycles. The molecular formula is C24H28F2N6O2. The quantitative estimate of drug-likeness (QED) is 0.582. The van der Waals surface area contributed by atoms with E-state index in [-0.39, 0.29) is 17.8 Å². The summed E-state index contributed by atoms with van der Waals surface area (Å²) < 4.78 is 36.2. The number of nitrogens with zero attached hydrogens (tertiary/aromatic N) is 5. The van der Waals surface area contributed by atoms with E-state index in [1.54, 1.807) is 23.1 Å². The van der Waals surface area contributed by atoms with Crippen molar-refractivity contribution in [1.29, 1.82) is 0 Å². The zero-order valence-electron chi connectivity index (χ0n) is 19.0. The maximum Gasteiger partial charge on any atom is 0.331 e. The number of carbonyl (C=O) groups excluding carboxylic acids is 1. The van der Waals surface area contributed by atoms with Gasteiger partial charge < -0.3 is 15.0 Å². The highest BCUT2D eigenvalue weighted by atomic mass is 19.3. The number of nitrogens with one attached hydrogen (secondary N) is 1. The first-order valence-electron chi connectivity index (χ1n) is 12.0. The van der Waals surface area contributed by atoms with E-state index in [2.05, 4.69) is 22.2 Å². The second kappa shape index (κ2) is 8.33. The molecule has 6 rings (SSSR count). The number of carbonyl (C=O) groups is 1. The topological polar surface area (TPSA) is 77.2 Å². The first kappa shape index (κ1) is 21.5. The first-order chi connectivity index (χ1) is 16.5. The number of alkyl halides is 2. The molecule has 5 heterocycles. The number of ether oxygens (including phenoxy) is 1. The lowest BCUT2D eigenvalue weighted by Gasteiger charge is -2.27. The number of aromatic nitrogens is 4. The lowest BCUT2D eigenvalue weighted by atomic mass is 9.87. The van der Waals surface area contributed by atoms with E-state index in [0.29, 0.717) is 24.2 Å². The van der Waals surface area contributed by atoms with Crippen LogP contribution < -0.4 is 10.2 Å². The Morgan fingerprint density at radius 3 is 2.71 bits per heavy atom. The van der Waals surface area contributed by atoms with Gasteiger partial charge in [0, 0.05) is 24.3 Å². The molecule has 0 unspecified atom stereocenters. The minimum Gasteiger partial charge on any atom is -0.374 e. The number of hydrogen-bond acceptors (Lipinski definition) is 5. The van der Waals surface area contributed by atoms with Crippen LogP contribution in [0.5, 0.6) is 0 Å². The summed E-state index contributed by atoms with van der Waals surface area (Å²) in [7, 11) is 0. The SMILES string of the molecule is CC1CCC(n2cc(NC(=O)n3ccc4ccc(N5C[C@@H]6C[C@H]5CO6)nc43)c(C(F)F)n2)CC1. The maximum atomic E-state index is 13.8. The molecule has 1 amide bonds. The smallest absolute Gasteiger partial charge is 0.331 e. The predicted molar refractivity (Wildman–Crippen MR) is 123 cm³/mol. The second-order valence-corrected chi connectivity index (χ2v) is 9.82. The number of anilines is 2. The summed E-state index contributed by atoms with van der Waals surface area (Å²) in [6.45, 7) is 3.68. The highest BCUT2D eigenvalue weighted by molar-refractivity contribution is 5.97. The van der Waals surface area contributed by atoms with E-state index in [1.165, 1.54) is 4.57 Å². The van der Waals surface area contributed by atoms with E-state index in [4.69, 9.17) is 9.72 Å². The lowest BCUT2D eigenvalue weighted by Crippen LogP contribution is -2.37. The van der Waals surface area contributed by atoms with Gasteiger partial charge in [-0.05, 0) is 56.2 Å². The van der Waals surface area contributed by atoms with Crippen molar-refractivity contribution in [1.82, 2.24) is 19.3 Å². The summed E-state index contributed by atoms with van der Waals surface area (Å²) in [6, 6.07) is 5.52. The summed E-state index contributed by atoms with van der Waals surface area (Å²) in [4.78, 5) is 20.1. The Labute approximate surface area is 195 Å². The first-order valence-corrected chi connectivity index (χ1v) is 12.0. The Balaban J connectivity index is 1.26. The van der Waals surface area contributed by atoms with Crippen molar-refractivity contribution in [2.45, 2.75) is 63.6 Å². The van der Waals surface area contributed by atoms with Gasteiger partial charge in [-0.1, -0.05) is 6.92 Å². The summed E-state index contributed by atoms with van der Waals surface area (Å²) >= 11 is 0. The van der Waals surface area contributed by atoms with Crippen LogP contribution in [0.4, 0.5) is 25.1 Å². The van der Waals surface area contributed by atoms with Gasteiger partial charge in [-0.3, -0.25) is 9.25 Å². The Morgan fingerprint density at radius 1 is 1.18 bits per heavy atom. The molecule has 2 aliphatic heterocycles. The molecule has 2 saturated heterocycles. The van der Waals surface area contributed by atoms with Gasteiger partial charge >= 0.3 is 6.03 Å². The van der Waals surface area contributed by atoms with Crippen LogP contribution in [0.3, 0.4) is 0 Å². The molecule has 1 saturated carbocycles. The fourth-order valence-corrected chi connectivity index (χ4v) is 5.53. The maximum absolute atomic E-state index is 13.8. The second-order valence-electron chi connectivity index (χ2n) is 9.82. The summed E-state index contributed by atoms with van der Waals surface area (Å²) in [5.74, 6) is 1.44. The third-order valence-electron chi connectivity index (χ3n) is 7.50. The summed E-state index contributed by atoms with van der Waals surface area (Å²) in [5, 5.41) is 7.62. The third kappa shape index (κ3) is 3.73. The van der Waals surface area contributed by atoms with Crippen LogP contribution in [0.2, 0.25) is 0 Å². The van der Waals surface area contributed by atoms with Crippen LogP contribution in [0, 0.1) is 5.92 Å². The number of morpholine rings is 1. The van der Waals surface area contributed by atoms with Crippen LogP contribution in [0.1, 0.15) is 57.2 Å². The van der Waals surface area contributed by atoms with Crippen LogP contribution in [0.15, 0.2) is 30.6 Å². The zero-order chi connectivity index (χ0) is 23.4. The number of rotatable bonds is 4. The molecule has 8 nitrogen and oxygen atoms in total. The Morgan fingerprint density at radius 2 is 2.00 bits per heavy atom. The molecule has 3 aliphatic rings. The molecular weight excluding hydrogens is 442 g/mol. The van der Waals surface area contributed by atoms with Crippen molar-refractivity contribution in [3.63, 3.8) is 0 Å². The van der Waals surface area contributed by atoms with Crippen molar-refractivity contribution in [3.05, 3.63) is 36.3 Å². The number of fused-ring (bicyclic) bond motifs is 3. The van der Waals surface area contributed by atoms with E-state index in [1.807, 2.05) is 12.1 Å². The molecule has 34 heavy (non-hydrogen) atoms. The van der Waals surface area contributed by atoms with Gasteiger partial charge in [-0.25, -0.2) is 18.6 Å². The normalized spacial score (nSPS) is 26.6. The predicted octanol–water partition coefficient (Wildman–Crippen LogP) is 4.98. The average molecular weight is 471 g/mol. The van der Waals surface area contributed by atoms with E-state index in [0.717, 1.165) is 49.9 Å². The molecule has 3 aromatic rings. The summed E-state index contributed by atoms with van der Waals surface area (Å²) in [5.41, 5.74) is 0.141. The third-order valence-corrected chi connectivity index (χ3v) is 7.50. The van der Waals surface area contributed by atoms with Gasteiger partial charge in [0.2, 0.25) is 0 Å². The molecule has 1 N–H and O–H groups in total. The zero-order valence-corrected chi connectivity index (χ0v) is 19.0. The van der Waals surface area contributed by atoms with Gasteiger partial charge in [0.1, 0.15) is 5.82 Å². The molecule has 0 spiro atoms. The number of halogens is 2. The van der Waals surface area contributed by atoms with E-state index < -0.39 is 18.2 Å². The molecule has 180 valence electrons. The van der Waals surface area contributed by atoms with Crippen molar-refractivity contribution in [3.8, 4) is 0 Å². The molecule has 0 radical (unpaired) electrons. The van der Waals surface area contributed by atoms with Crippen molar-refractivity contribution in [2.75, 3.05) is 23.4 Å². The molecule has 3 fully saturated rings. The number of pyridine rings is 1. The van der Waals surface area contributed by atoms with Crippen LogP contribution in [0.25, 0.3) is 11.0 Å². The largest absolute Gasteiger partial charge is 0.374 e. The van der Waals surface area contributed by atoms with Gasteiger partial charge in [0.15, 0.2) is 11.3 Å². The van der Waals surface area contributed by atoms with Gasteiger partial charge in [0.05, 0.1) is 30.5 Å². The molecule has 0 aromatic carbocycles. The number of amides is 1. The highest BCUT2D eigenvalue weighted by Gasteiger charge is 2.39. The Bertz CT molecular complexity index is 1220. The molecule has 2 atom stereocenters. The minimum atomic E-state index is -2.78. The van der Waals surface area contributed by atoms with Crippen molar-refractivity contribution in [2.24, 2.45) is 5.92 Å². The van der Waals surface area contributed by atoms with Gasteiger partial charge in [-0.15, -0.1) is 0 Å². The monoisotopic (exact) mass is 470 g/mol. The van der Waals surface area contributed by atoms with Crippen molar-refractivity contribution >= 4 is 28.6 Å². The van der Waals surface area contributed by atoms with Crippen LogP contribution in [-0.2, 0) is 4.74 Å². The molecule has 10 heteroatoms. The standard InChI is InChI=1S/C24H28F2N6O2/c1-14-2-5-16(6-3-14)32-12-19(21(29-32)22(25)26)27-24(33)30-9-8-15-4-7-20(28-23(15)30)31-11-18-10-17(31)13-34-18/h4,7-9,12,14,16-18,22H,2-3,5-6,10-11,13H2,1H3,(H,27,33)/t14?,16?,17-,18-/m0/s1. The van der Waals surface area contributed by atoms with Crippen LogP contribution in [-0.4, -0.2) is 50.7 Å². The van der Waals surface area contributed by atoms with E-state index >= 15 is 0 Å². The van der Waals surface area contributed by atoms with Gasteiger partial charge in [0.25, 0.3) is 6.43 Å². The Hall–Kier alpha value is -3.01. The van der Waals surface area contributed by atoms with Gasteiger partial charge in [-0.2, -0.15) is 5.10 Å². The molecule has 3 aromatic heterocycles. The highest BCUT2D eigenvalue weighted by Crippen LogP contribution is 2.35. The fraction of sp³-hybridized carbons (Fsp3) is 0.542. The lowest BCUT2D eigenvalue weighted by molar-refractivity contribution is 0.0989. The van der Waals surface area contributed by atoms with Crippen LogP contribution >= 0.6 is 0 Å². The van der Waals surface area contributed by atoms with Crippen molar-refractivity contribution < 1.29 is 18.3 Å². The summed E-state index contributed by atoms with van der Waals surface area (Å²) in [6.07, 6.45) is 5.49. The Kier molecular flexibility index (Phi) is 5.28. The van der Waals surface area contributed by atoms with E-state index in [9.17, 15) is 13.6 Å². The molecule has 2 bridgehead atoms. The number of hydrogen-bond donors (Lipinski definition) is 1.